The van der Waals surface area contributed by atoms with Gasteiger partial charge in [0.15, 0.2) is 0 Å². The van der Waals surface area contributed by atoms with Crippen LogP contribution in [0.4, 0.5) is 0 Å². The van der Waals surface area contributed by atoms with Crippen molar-refractivity contribution in [3.05, 3.63) is 0 Å². The van der Waals surface area contributed by atoms with Crippen molar-refractivity contribution in [2.24, 2.45) is 5.92 Å². The summed E-state index contributed by atoms with van der Waals surface area (Å²) in [6.45, 7) is 10.6. The molecule has 0 aromatic rings. The Morgan fingerprint density at radius 3 is 1.50 bits per heavy atom. The minimum absolute atomic E-state index is 0.581. The first-order chi connectivity index (χ1) is 4.63. The van der Waals surface area contributed by atoms with Crippen molar-refractivity contribution in [2.45, 2.75) is 52.7 Å². The monoisotopic (exact) mass is 162 g/mol. The molecule has 0 amide bonds. The molecule has 1 heteroatoms. The molecule has 0 aliphatic carbocycles. The molecule has 10 heavy (non-hydrogen) atoms. The number of thiol groups is 1. The van der Waals surface area contributed by atoms with Gasteiger partial charge in [-0.2, -0.15) is 12.6 Å². The van der Waals surface area contributed by atoms with E-state index in [4.69, 9.17) is 0 Å². The van der Waals surface area contributed by atoms with Crippen LogP contribution in [0.2, 0.25) is 0 Å². The summed E-state index contributed by atoms with van der Waals surface area (Å²) >= 11 is 4.27. The second kappa shape index (κ2) is 9.35. The van der Waals surface area contributed by atoms with Gasteiger partial charge in [-0.3, -0.25) is 0 Å². The van der Waals surface area contributed by atoms with Gasteiger partial charge in [-0.25, -0.2) is 0 Å². The Labute approximate surface area is 71.8 Å². The first kappa shape index (κ1) is 13.0. The highest BCUT2D eigenvalue weighted by Gasteiger charge is 1.96. The van der Waals surface area contributed by atoms with Crippen LogP contribution in [0.5, 0.6) is 0 Å². The van der Waals surface area contributed by atoms with Crippen LogP contribution < -0.4 is 0 Å². The summed E-state index contributed by atoms with van der Waals surface area (Å²) in [5.41, 5.74) is 0. The third kappa shape index (κ3) is 15.8. The number of rotatable bonds is 3. The fourth-order valence-corrected chi connectivity index (χ4v) is 0.724. The van der Waals surface area contributed by atoms with Gasteiger partial charge in [0.05, 0.1) is 0 Å². The normalized spacial score (nSPS) is 12.3. The van der Waals surface area contributed by atoms with Crippen LogP contribution in [0.3, 0.4) is 0 Å². The summed E-state index contributed by atoms with van der Waals surface area (Å²) in [5.74, 6) is 0.838. The van der Waals surface area contributed by atoms with Crippen molar-refractivity contribution in [1.82, 2.24) is 0 Å². The number of hydrogen-bond acceptors (Lipinski definition) is 1. The fourth-order valence-electron chi connectivity index (χ4n) is 0.575. The molecule has 0 bridgehead atoms. The van der Waals surface area contributed by atoms with Crippen molar-refractivity contribution in [3.8, 4) is 0 Å². The van der Waals surface area contributed by atoms with E-state index in [-0.39, 0.29) is 0 Å². The minimum atomic E-state index is 0.581. The van der Waals surface area contributed by atoms with E-state index < -0.39 is 0 Å². The standard InChI is InChI=1S/C7H16S.C2H6/c1-6(2)4-5-7(3)8;1-2/h6-8H,4-5H2,1-3H3;1-2H3. The molecule has 0 radical (unpaired) electrons. The van der Waals surface area contributed by atoms with Gasteiger partial charge in [-0.15, -0.1) is 0 Å². The summed E-state index contributed by atoms with van der Waals surface area (Å²) < 4.78 is 0. The Hall–Kier alpha value is 0.350. The van der Waals surface area contributed by atoms with Crippen molar-refractivity contribution in [1.29, 1.82) is 0 Å². The van der Waals surface area contributed by atoms with Crippen molar-refractivity contribution < 1.29 is 0 Å². The minimum Gasteiger partial charge on any atom is -0.176 e. The van der Waals surface area contributed by atoms with E-state index in [2.05, 4.69) is 33.4 Å². The second-order valence-corrected chi connectivity index (χ2v) is 3.70. The van der Waals surface area contributed by atoms with Crippen LogP contribution in [0, 0.1) is 5.92 Å². The van der Waals surface area contributed by atoms with Gasteiger partial charge >= 0.3 is 0 Å². The summed E-state index contributed by atoms with van der Waals surface area (Å²) in [7, 11) is 0. The maximum atomic E-state index is 4.27. The molecule has 1 unspecified atom stereocenters. The average molecular weight is 162 g/mol. The predicted octanol–water partition coefficient (Wildman–Crippen LogP) is 3.77. The zero-order valence-corrected chi connectivity index (χ0v) is 8.91. The van der Waals surface area contributed by atoms with Crippen LogP contribution in [0.15, 0.2) is 0 Å². The lowest BCUT2D eigenvalue weighted by molar-refractivity contribution is 0.556. The van der Waals surface area contributed by atoms with E-state index in [1.807, 2.05) is 13.8 Å². The fraction of sp³-hybridized carbons (Fsp3) is 1.00. The van der Waals surface area contributed by atoms with Gasteiger partial charge < -0.3 is 0 Å². The molecular formula is C9H22S. The van der Waals surface area contributed by atoms with Crippen LogP contribution in [0.1, 0.15) is 47.5 Å². The van der Waals surface area contributed by atoms with E-state index >= 15 is 0 Å². The summed E-state index contributed by atoms with van der Waals surface area (Å²) in [6.07, 6.45) is 2.56. The highest BCUT2D eigenvalue weighted by molar-refractivity contribution is 7.80. The van der Waals surface area contributed by atoms with Crippen molar-refractivity contribution in [3.63, 3.8) is 0 Å². The average Bonchev–Trinajstić information content (AvgIpc) is 1.89. The zero-order chi connectivity index (χ0) is 8.57. The van der Waals surface area contributed by atoms with Crippen LogP contribution in [-0.2, 0) is 0 Å². The Morgan fingerprint density at radius 1 is 1.00 bits per heavy atom. The maximum Gasteiger partial charge on any atom is -0.00115 e. The van der Waals surface area contributed by atoms with Crippen molar-refractivity contribution >= 4 is 12.6 Å². The summed E-state index contributed by atoms with van der Waals surface area (Å²) in [6, 6.07) is 0. The smallest absolute Gasteiger partial charge is 0.00115 e. The lowest BCUT2D eigenvalue weighted by atomic mass is 10.1. The molecule has 0 aliphatic heterocycles. The topological polar surface area (TPSA) is 0 Å². The molecule has 0 fully saturated rings. The molecule has 0 saturated carbocycles. The molecule has 0 aliphatic rings. The Bertz CT molecular complexity index is 40.7. The van der Waals surface area contributed by atoms with Gasteiger partial charge in [0.1, 0.15) is 0 Å². The van der Waals surface area contributed by atoms with Crippen LogP contribution in [-0.4, -0.2) is 5.25 Å². The van der Waals surface area contributed by atoms with E-state index in [1.165, 1.54) is 12.8 Å². The SMILES string of the molecule is CC.CC(C)CCC(C)S. The van der Waals surface area contributed by atoms with E-state index in [0.29, 0.717) is 5.25 Å². The third-order valence-corrected chi connectivity index (χ3v) is 1.42. The quantitative estimate of drug-likeness (QED) is 0.600. The summed E-state index contributed by atoms with van der Waals surface area (Å²) in [5, 5.41) is 0.581. The van der Waals surface area contributed by atoms with E-state index in [9.17, 15) is 0 Å². The van der Waals surface area contributed by atoms with Gasteiger partial charge in [0.2, 0.25) is 0 Å². The van der Waals surface area contributed by atoms with Crippen LogP contribution >= 0.6 is 12.6 Å². The molecule has 0 N–H and O–H groups in total. The molecular weight excluding hydrogens is 140 g/mol. The molecule has 0 saturated heterocycles. The van der Waals surface area contributed by atoms with Gasteiger partial charge in [-0.1, -0.05) is 34.6 Å². The second-order valence-electron chi connectivity index (χ2n) is 2.82. The molecule has 0 nitrogen and oxygen atoms in total. The largest absolute Gasteiger partial charge is 0.176 e. The van der Waals surface area contributed by atoms with E-state index in [0.717, 1.165) is 5.92 Å². The maximum absolute atomic E-state index is 4.27. The first-order valence-corrected chi connectivity index (χ1v) is 4.82. The lowest BCUT2D eigenvalue weighted by Crippen LogP contribution is -1.94. The molecule has 0 aromatic heterocycles. The first-order valence-electron chi connectivity index (χ1n) is 4.31. The van der Waals surface area contributed by atoms with Gasteiger partial charge in [0.25, 0.3) is 0 Å². The van der Waals surface area contributed by atoms with Crippen molar-refractivity contribution in [2.75, 3.05) is 0 Å². The third-order valence-electron chi connectivity index (χ3n) is 1.16. The van der Waals surface area contributed by atoms with E-state index in [1.54, 1.807) is 0 Å². The number of hydrogen-bond donors (Lipinski definition) is 1. The Balaban J connectivity index is 0. The predicted molar refractivity (Wildman–Crippen MR) is 53.9 cm³/mol. The van der Waals surface area contributed by atoms with Gasteiger partial charge in [0, 0.05) is 0 Å². The zero-order valence-electron chi connectivity index (χ0n) is 8.02. The summed E-state index contributed by atoms with van der Waals surface area (Å²) in [4.78, 5) is 0. The molecule has 0 spiro atoms. The molecule has 0 heterocycles. The Kier molecular flexibility index (Phi) is 12.1. The lowest BCUT2D eigenvalue weighted by Gasteiger charge is -2.05. The highest BCUT2D eigenvalue weighted by Crippen LogP contribution is 2.09. The molecule has 1 atom stereocenters. The van der Waals surface area contributed by atoms with Crippen LogP contribution in [0.25, 0.3) is 0 Å². The molecule has 0 aromatic carbocycles. The highest BCUT2D eigenvalue weighted by atomic mass is 32.1. The molecule has 64 valence electrons. The Morgan fingerprint density at radius 2 is 1.40 bits per heavy atom. The van der Waals surface area contributed by atoms with Gasteiger partial charge in [-0.05, 0) is 24.0 Å². The molecule has 0 rings (SSSR count).